The van der Waals surface area contributed by atoms with Gasteiger partial charge >= 0.3 is 5.97 Å². The van der Waals surface area contributed by atoms with Crippen molar-refractivity contribution < 1.29 is 14.3 Å². The Balaban J connectivity index is 4.23. The van der Waals surface area contributed by atoms with Crippen molar-refractivity contribution in [1.82, 2.24) is 0 Å². The lowest BCUT2D eigenvalue weighted by Crippen LogP contribution is -2.23. The minimum absolute atomic E-state index is 0.201. The number of ketones is 1. The zero-order valence-electron chi connectivity index (χ0n) is 7.75. The van der Waals surface area contributed by atoms with Gasteiger partial charge < -0.3 is 4.74 Å². The monoisotopic (exact) mass is 204 g/mol. The van der Waals surface area contributed by atoms with Crippen molar-refractivity contribution in [1.29, 1.82) is 0 Å². The first-order valence-corrected chi connectivity index (χ1v) is 4.49. The van der Waals surface area contributed by atoms with Crippen molar-refractivity contribution in [3.05, 3.63) is 11.6 Å². The zero-order valence-corrected chi connectivity index (χ0v) is 8.50. The van der Waals surface area contributed by atoms with Crippen molar-refractivity contribution in [2.24, 2.45) is 5.92 Å². The summed E-state index contributed by atoms with van der Waals surface area (Å²) < 4.78 is 4.73. The fourth-order valence-electron chi connectivity index (χ4n) is 0.859. The molecule has 4 heteroatoms. The highest BCUT2D eigenvalue weighted by Crippen LogP contribution is 2.08. The van der Waals surface area contributed by atoms with Crippen molar-refractivity contribution >= 4 is 23.4 Å². The van der Waals surface area contributed by atoms with Crippen LogP contribution in [0.5, 0.6) is 0 Å². The van der Waals surface area contributed by atoms with Crippen LogP contribution in [0.1, 0.15) is 20.3 Å². The van der Waals surface area contributed by atoms with Gasteiger partial charge in [0.1, 0.15) is 11.7 Å². The van der Waals surface area contributed by atoms with Gasteiger partial charge in [-0.2, -0.15) is 0 Å². The molecule has 0 N–H and O–H groups in total. The van der Waals surface area contributed by atoms with Crippen LogP contribution in [-0.2, 0) is 14.3 Å². The Bertz CT molecular complexity index is 211. The van der Waals surface area contributed by atoms with Gasteiger partial charge in [-0.15, -0.1) is 0 Å². The molecule has 13 heavy (non-hydrogen) atoms. The third-order valence-electron chi connectivity index (χ3n) is 1.52. The summed E-state index contributed by atoms with van der Waals surface area (Å²) >= 11 is 5.29. The molecule has 0 rings (SSSR count). The highest BCUT2D eigenvalue weighted by Gasteiger charge is 2.22. The number of ether oxygens (including phenoxy) is 1. The molecule has 0 aromatic heterocycles. The van der Waals surface area contributed by atoms with Crippen LogP contribution in [0.2, 0.25) is 0 Å². The number of halogens is 1. The van der Waals surface area contributed by atoms with Crippen molar-refractivity contribution in [3.8, 4) is 0 Å². The molecule has 3 nitrogen and oxygen atoms in total. The van der Waals surface area contributed by atoms with Crippen LogP contribution in [0.15, 0.2) is 11.6 Å². The summed E-state index contributed by atoms with van der Waals surface area (Å²) in [6, 6.07) is 0. The zero-order chi connectivity index (χ0) is 10.3. The summed E-state index contributed by atoms with van der Waals surface area (Å²) in [6.07, 6.45) is 1.86. The fraction of sp³-hybridized carbons (Fsp3) is 0.556. The Morgan fingerprint density at radius 1 is 1.54 bits per heavy atom. The van der Waals surface area contributed by atoms with Gasteiger partial charge in [0.2, 0.25) is 0 Å². The second-order valence-corrected chi connectivity index (χ2v) is 2.76. The van der Waals surface area contributed by atoms with Crippen molar-refractivity contribution in [2.45, 2.75) is 20.3 Å². The Hall–Kier alpha value is -0.830. The molecule has 0 radical (unpaired) electrons. The first-order valence-electron chi connectivity index (χ1n) is 4.05. The van der Waals surface area contributed by atoms with E-state index in [0.29, 0.717) is 6.42 Å². The van der Waals surface area contributed by atoms with E-state index in [9.17, 15) is 9.59 Å². The largest absolute Gasteiger partial charge is 0.465 e. The second-order valence-electron chi connectivity index (χ2n) is 2.51. The molecule has 0 amide bonds. The van der Waals surface area contributed by atoms with E-state index in [0.717, 1.165) is 0 Å². The van der Waals surface area contributed by atoms with E-state index < -0.39 is 11.9 Å². The third-order valence-corrected chi connectivity index (χ3v) is 1.70. The van der Waals surface area contributed by atoms with E-state index in [1.165, 1.54) is 12.5 Å². The number of carbonyl (C=O) groups is 2. The second kappa shape index (κ2) is 6.66. The Kier molecular flexibility index (Phi) is 6.24. The number of carbonyl (C=O) groups excluding carboxylic acids is 2. The van der Waals surface area contributed by atoms with E-state index >= 15 is 0 Å². The molecule has 0 aliphatic rings. The quantitative estimate of drug-likeness (QED) is 0.508. The first kappa shape index (κ1) is 12.2. The van der Waals surface area contributed by atoms with Crippen LogP contribution in [-0.4, -0.2) is 18.4 Å². The molecule has 0 spiro atoms. The Labute approximate surface area is 82.7 Å². The molecule has 0 saturated heterocycles. The van der Waals surface area contributed by atoms with Crippen LogP contribution < -0.4 is 0 Å². The minimum Gasteiger partial charge on any atom is -0.465 e. The lowest BCUT2D eigenvalue weighted by molar-refractivity contribution is -0.150. The lowest BCUT2D eigenvalue weighted by atomic mass is 10.0. The predicted octanol–water partition coefficient (Wildman–Crippen LogP) is 1.90. The Morgan fingerprint density at radius 2 is 2.15 bits per heavy atom. The van der Waals surface area contributed by atoms with Crippen LogP contribution >= 0.6 is 11.6 Å². The SMILES string of the molecule is CCOC(=O)C(CC=CCl)C(C)=O. The molecule has 0 aliphatic heterocycles. The van der Waals surface area contributed by atoms with E-state index in [2.05, 4.69) is 0 Å². The summed E-state index contributed by atoms with van der Waals surface area (Å²) in [4.78, 5) is 22.2. The smallest absolute Gasteiger partial charge is 0.316 e. The maximum Gasteiger partial charge on any atom is 0.316 e. The van der Waals surface area contributed by atoms with Crippen molar-refractivity contribution in [3.63, 3.8) is 0 Å². The molecule has 0 aromatic rings. The molecule has 0 saturated carbocycles. The van der Waals surface area contributed by atoms with E-state index in [-0.39, 0.29) is 12.4 Å². The molecular formula is C9H13ClO3. The normalized spacial score (nSPS) is 12.8. The maximum atomic E-state index is 11.2. The number of rotatable bonds is 5. The minimum atomic E-state index is -0.713. The molecule has 0 aliphatic carbocycles. The van der Waals surface area contributed by atoms with Crippen LogP contribution in [0.25, 0.3) is 0 Å². The summed E-state index contributed by atoms with van der Waals surface area (Å²) in [6.45, 7) is 3.35. The molecule has 0 bridgehead atoms. The van der Waals surface area contributed by atoms with Gasteiger partial charge in [0.15, 0.2) is 0 Å². The highest BCUT2D eigenvalue weighted by atomic mass is 35.5. The number of hydrogen-bond acceptors (Lipinski definition) is 3. The molecule has 0 fully saturated rings. The number of Topliss-reactive ketones (excluding diaryl/α,β-unsaturated/α-hetero) is 1. The molecule has 0 heterocycles. The van der Waals surface area contributed by atoms with E-state index in [1.54, 1.807) is 13.0 Å². The highest BCUT2D eigenvalue weighted by molar-refractivity contribution is 6.25. The summed E-state index contributed by atoms with van der Waals surface area (Å²) in [5, 5.41) is 0. The van der Waals surface area contributed by atoms with Gasteiger partial charge in [0.05, 0.1) is 6.61 Å². The van der Waals surface area contributed by atoms with E-state index in [4.69, 9.17) is 16.3 Å². The summed E-state index contributed by atoms with van der Waals surface area (Å²) in [5.41, 5.74) is 1.29. The summed E-state index contributed by atoms with van der Waals surface area (Å²) in [5.74, 6) is -1.40. The average Bonchev–Trinajstić information content (AvgIpc) is 2.05. The van der Waals surface area contributed by atoms with Crippen LogP contribution in [0.4, 0.5) is 0 Å². The molecule has 1 atom stereocenters. The van der Waals surface area contributed by atoms with Gasteiger partial charge in [-0.25, -0.2) is 0 Å². The average molecular weight is 205 g/mol. The van der Waals surface area contributed by atoms with Gasteiger partial charge in [0.25, 0.3) is 0 Å². The van der Waals surface area contributed by atoms with Gasteiger partial charge in [-0.05, 0) is 20.3 Å². The lowest BCUT2D eigenvalue weighted by Gasteiger charge is -2.09. The van der Waals surface area contributed by atoms with Crippen molar-refractivity contribution in [2.75, 3.05) is 6.61 Å². The third kappa shape index (κ3) is 4.68. The maximum absolute atomic E-state index is 11.2. The Morgan fingerprint density at radius 3 is 2.54 bits per heavy atom. The molecule has 0 aromatic carbocycles. The number of hydrogen-bond donors (Lipinski definition) is 0. The number of allylic oxidation sites excluding steroid dienone is 1. The van der Waals surface area contributed by atoms with Gasteiger partial charge in [0, 0.05) is 5.54 Å². The van der Waals surface area contributed by atoms with Crippen LogP contribution in [0.3, 0.4) is 0 Å². The molecular weight excluding hydrogens is 192 g/mol. The van der Waals surface area contributed by atoms with Crippen LogP contribution in [0, 0.1) is 5.92 Å². The van der Waals surface area contributed by atoms with Gasteiger partial charge in [-0.3, -0.25) is 9.59 Å². The number of esters is 1. The molecule has 1 unspecified atom stereocenters. The van der Waals surface area contributed by atoms with E-state index in [1.807, 2.05) is 0 Å². The predicted molar refractivity (Wildman–Crippen MR) is 50.4 cm³/mol. The standard InChI is InChI=1S/C9H13ClO3/c1-3-13-9(12)8(7(2)11)5-4-6-10/h4,6,8H,3,5H2,1-2H3. The fourth-order valence-corrected chi connectivity index (χ4v) is 0.961. The summed E-state index contributed by atoms with van der Waals surface area (Å²) in [7, 11) is 0. The first-order chi connectivity index (χ1) is 6.13. The van der Waals surface area contributed by atoms with Gasteiger partial charge in [-0.1, -0.05) is 17.7 Å². The topological polar surface area (TPSA) is 43.4 Å². The molecule has 74 valence electrons.